The highest BCUT2D eigenvalue weighted by Gasteiger charge is 2.43. The van der Waals surface area contributed by atoms with Crippen LogP contribution in [0, 0.1) is 23.7 Å². The van der Waals surface area contributed by atoms with Crippen LogP contribution in [-0.4, -0.2) is 141 Å². The van der Waals surface area contributed by atoms with Crippen LogP contribution in [0.2, 0.25) is 0 Å². The van der Waals surface area contributed by atoms with E-state index in [0.29, 0.717) is 25.1 Å². The van der Waals surface area contributed by atoms with Crippen molar-refractivity contribution in [3.63, 3.8) is 0 Å². The van der Waals surface area contributed by atoms with Crippen molar-refractivity contribution in [2.75, 3.05) is 54.4 Å². The summed E-state index contributed by atoms with van der Waals surface area (Å²) in [6.45, 7) is 14.3. The fourth-order valence-electron chi connectivity index (χ4n) is 8.81. The third-order valence-corrected chi connectivity index (χ3v) is 12.4. The zero-order valence-electron chi connectivity index (χ0n) is 40.1. The van der Waals surface area contributed by atoms with Crippen molar-refractivity contribution in [3.8, 4) is 0 Å². The maximum Gasteiger partial charge on any atom is 0.245 e. The van der Waals surface area contributed by atoms with Crippen molar-refractivity contribution in [2.24, 2.45) is 23.7 Å². The van der Waals surface area contributed by atoms with E-state index >= 15 is 0 Å². The topological polar surface area (TPSA) is 187 Å². The van der Waals surface area contributed by atoms with Crippen molar-refractivity contribution in [2.45, 2.75) is 130 Å². The summed E-state index contributed by atoms with van der Waals surface area (Å²) in [5, 5.41) is 8.99. The summed E-state index contributed by atoms with van der Waals surface area (Å²) in [6.07, 6.45) is 2.53. The number of benzene rings is 1. The fourth-order valence-corrected chi connectivity index (χ4v) is 8.81. The van der Waals surface area contributed by atoms with Crippen LogP contribution in [0.3, 0.4) is 0 Å². The van der Waals surface area contributed by atoms with Crippen molar-refractivity contribution in [3.05, 3.63) is 59.9 Å². The Morgan fingerprint density at radius 2 is 1.56 bits per heavy atom. The molecule has 2 heterocycles. The number of likely N-dealkylation sites (tertiary alicyclic amines) is 1. The molecule has 1 fully saturated rings. The van der Waals surface area contributed by atoms with Gasteiger partial charge in [-0.25, -0.2) is 5.43 Å². The average Bonchev–Trinajstić information content (AvgIpc) is 3.74. The maximum atomic E-state index is 14.4. The number of nitrogens with one attached hydrogen (secondary N) is 5. The Hall–Kier alpha value is -4.64. The molecule has 1 aliphatic heterocycles. The second-order valence-electron chi connectivity index (χ2n) is 17.8. The lowest BCUT2D eigenvalue weighted by molar-refractivity contribution is -0.148. The Balaban J connectivity index is 1.79. The summed E-state index contributed by atoms with van der Waals surface area (Å²) in [5.41, 5.74) is 8.31. The third-order valence-electron chi connectivity index (χ3n) is 12.4. The molecule has 0 saturated carbocycles. The summed E-state index contributed by atoms with van der Waals surface area (Å²) < 4.78 is 12.1. The van der Waals surface area contributed by atoms with Crippen LogP contribution in [-0.2, 0) is 46.4 Å². The number of carbonyl (C=O) groups is 5. The lowest BCUT2D eigenvalue weighted by atomic mass is 9.89. The molecular weight excluding hydrogens is 803 g/mol. The van der Waals surface area contributed by atoms with E-state index in [4.69, 9.17) is 9.47 Å². The van der Waals surface area contributed by atoms with Crippen LogP contribution in [0.15, 0.2) is 48.7 Å². The fraction of sp³-hybridized carbons (Fsp3) is 0.660. The van der Waals surface area contributed by atoms with E-state index in [0.717, 1.165) is 17.7 Å². The molecule has 1 aromatic heterocycles. The molecule has 2 aromatic rings. The number of pyridine rings is 1. The number of anilines is 1. The van der Waals surface area contributed by atoms with Gasteiger partial charge in [-0.05, 0) is 74.5 Å². The molecule has 63 heavy (non-hydrogen) atoms. The molecule has 352 valence electrons. The molecular formula is C47H77N9O7. The largest absolute Gasteiger partial charge is 0.379 e. The van der Waals surface area contributed by atoms with Crippen molar-refractivity contribution in [1.82, 2.24) is 41.1 Å². The first-order chi connectivity index (χ1) is 29.9. The third kappa shape index (κ3) is 14.7. The van der Waals surface area contributed by atoms with E-state index in [1.165, 1.54) is 7.11 Å². The van der Waals surface area contributed by atoms with Gasteiger partial charge in [-0.3, -0.25) is 33.9 Å². The van der Waals surface area contributed by atoms with E-state index in [1.807, 2.05) is 96.9 Å². The van der Waals surface area contributed by atoms with Crippen molar-refractivity contribution in [1.29, 1.82) is 0 Å². The predicted molar refractivity (Wildman–Crippen MR) is 246 cm³/mol. The Morgan fingerprint density at radius 1 is 0.873 bits per heavy atom. The molecule has 1 aliphatic rings. The monoisotopic (exact) mass is 880 g/mol. The van der Waals surface area contributed by atoms with Crippen LogP contribution in [0.1, 0.15) is 85.4 Å². The Bertz CT molecular complexity index is 1740. The molecule has 5 amide bonds. The van der Waals surface area contributed by atoms with Gasteiger partial charge in [-0.2, -0.15) is 0 Å². The minimum absolute atomic E-state index is 0.00749. The number of hydrogen-bond acceptors (Lipinski definition) is 11. The number of ether oxygens (including phenoxy) is 2. The molecule has 16 heteroatoms. The maximum absolute atomic E-state index is 14.4. The average molecular weight is 880 g/mol. The number of rotatable bonds is 25. The Labute approximate surface area is 376 Å². The second kappa shape index (κ2) is 25.6. The predicted octanol–water partition coefficient (Wildman–Crippen LogP) is 3.62. The zero-order chi connectivity index (χ0) is 47.0. The minimum atomic E-state index is -0.924. The van der Waals surface area contributed by atoms with Gasteiger partial charge in [0.15, 0.2) is 0 Å². The van der Waals surface area contributed by atoms with Gasteiger partial charge >= 0.3 is 0 Å². The molecule has 0 bridgehead atoms. The molecule has 0 aliphatic carbocycles. The van der Waals surface area contributed by atoms with Crippen LogP contribution >= 0.6 is 0 Å². The van der Waals surface area contributed by atoms with Gasteiger partial charge in [0.1, 0.15) is 12.1 Å². The zero-order valence-corrected chi connectivity index (χ0v) is 40.1. The highest BCUT2D eigenvalue weighted by molar-refractivity contribution is 5.90. The number of nitrogens with zero attached hydrogens (tertiary/aromatic N) is 4. The molecule has 1 saturated heterocycles. The van der Waals surface area contributed by atoms with Crippen molar-refractivity contribution >= 4 is 35.2 Å². The summed E-state index contributed by atoms with van der Waals surface area (Å²) in [5.74, 6) is -2.32. The minimum Gasteiger partial charge on any atom is -0.379 e. The Morgan fingerprint density at radius 3 is 2.10 bits per heavy atom. The van der Waals surface area contributed by atoms with Gasteiger partial charge in [0.25, 0.3) is 0 Å². The summed E-state index contributed by atoms with van der Waals surface area (Å²) in [6, 6.07) is 10.0. The molecule has 1 aromatic carbocycles. The molecule has 0 unspecified atom stereocenters. The van der Waals surface area contributed by atoms with E-state index in [9.17, 15) is 24.0 Å². The molecule has 9 atom stereocenters. The highest BCUT2D eigenvalue weighted by Crippen LogP contribution is 2.30. The standard InChI is InChI=1S/C47H77N9O7/c1-14-31(6)42(55(11)47(61)40(29(2)3)52-46(60)41(30(4)5)54(9)10)38(62-12)27-39(57)56-25-17-19-37(56)43(63-13)32(7)44(58)51-36(26-35-18-15-16-24-49-35)45(59)50-28-33-20-22-34(23-21-33)53-48-8/h15-16,18,20-24,29-32,36-38,40-43,48,53H,14,17,19,25-28H2,1-13H3,(H,50,59)(H,51,58)(H,52,60)/t31-,32+,36-,37-,38+,40-,41-,42-,43+/m0/s1. The number of amides is 5. The number of carbonyl (C=O) groups excluding carboxylic acids is 5. The van der Waals surface area contributed by atoms with E-state index in [-0.39, 0.29) is 66.7 Å². The van der Waals surface area contributed by atoms with Gasteiger partial charge in [-0.1, -0.05) is 73.1 Å². The molecule has 0 radical (unpaired) electrons. The first kappa shape index (κ1) is 52.7. The summed E-state index contributed by atoms with van der Waals surface area (Å²) in [4.78, 5) is 79.8. The normalized spacial score (nSPS) is 17.9. The van der Waals surface area contributed by atoms with Gasteiger partial charge < -0.3 is 40.6 Å². The van der Waals surface area contributed by atoms with Crippen LogP contribution in [0.25, 0.3) is 0 Å². The first-order valence-electron chi connectivity index (χ1n) is 22.5. The van der Waals surface area contributed by atoms with Gasteiger partial charge in [-0.15, -0.1) is 0 Å². The number of methoxy groups -OCH3 is 2. The molecule has 3 rings (SSSR count). The molecule has 0 spiro atoms. The number of aromatic nitrogens is 1. The van der Waals surface area contributed by atoms with Gasteiger partial charge in [0, 0.05) is 65.4 Å². The van der Waals surface area contributed by atoms with Crippen LogP contribution < -0.4 is 26.8 Å². The number of likely N-dealkylation sites (N-methyl/N-ethyl adjacent to an activating group) is 2. The summed E-state index contributed by atoms with van der Waals surface area (Å²) >= 11 is 0. The van der Waals surface area contributed by atoms with E-state index < -0.39 is 48.3 Å². The molecule has 5 N–H and O–H groups in total. The smallest absolute Gasteiger partial charge is 0.245 e. The Kier molecular flexibility index (Phi) is 21.4. The summed E-state index contributed by atoms with van der Waals surface area (Å²) in [7, 11) is 10.3. The number of hydrazine groups is 1. The quantitative estimate of drug-likeness (QED) is 0.0918. The number of hydrogen-bond donors (Lipinski definition) is 5. The lowest BCUT2D eigenvalue weighted by Crippen LogP contribution is -2.59. The van der Waals surface area contributed by atoms with Crippen LogP contribution in [0.4, 0.5) is 5.69 Å². The lowest BCUT2D eigenvalue weighted by Gasteiger charge is -2.41. The first-order valence-corrected chi connectivity index (χ1v) is 22.5. The van der Waals surface area contributed by atoms with E-state index in [1.54, 1.807) is 50.2 Å². The van der Waals surface area contributed by atoms with Gasteiger partial charge in [0.05, 0.1) is 42.7 Å². The van der Waals surface area contributed by atoms with Gasteiger partial charge in [0.2, 0.25) is 29.5 Å². The van der Waals surface area contributed by atoms with Crippen LogP contribution in [0.5, 0.6) is 0 Å². The second-order valence-corrected chi connectivity index (χ2v) is 17.8. The molecule has 16 nitrogen and oxygen atoms in total. The van der Waals surface area contributed by atoms with Crippen molar-refractivity contribution < 1.29 is 33.4 Å². The highest BCUT2D eigenvalue weighted by atomic mass is 16.5. The van der Waals surface area contributed by atoms with E-state index in [2.05, 4.69) is 31.8 Å². The SMILES string of the molecule is CC[C@H](C)[C@@H]([C@@H](CC(=O)N1CCC[C@H]1[C@H](OC)[C@@H](C)C(=O)N[C@@H](Cc1ccccn1)C(=O)NCc1ccc(NNC)cc1)OC)N(C)C(=O)[C@@H](NC(=O)[C@H](C(C)C)N(C)C)C(C)C.